The Morgan fingerprint density at radius 2 is 2.31 bits per heavy atom. The Bertz CT molecular complexity index is 526. The van der Waals surface area contributed by atoms with Gasteiger partial charge >= 0.3 is 0 Å². The van der Waals surface area contributed by atoms with Crippen molar-refractivity contribution in [2.75, 3.05) is 0 Å². The van der Waals surface area contributed by atoms with Crippen molar-refractivity contribution in [3.05, 3.63) is 46.5 Å². The second-order valence-electron chi connectivity index (χ2n) is 3.73. The molecule has 1 aromatic heterocycles. The second kappa shape index (κ2) is 4.73. The van der Waals surface area contributed by atoms with E-state index in [2.05, 4.69) is 16.9 Å². The van der Waals surface area contributed by atoms with Crippen LogP contribution >= 0.6 is 0 Å². The minimum Gasteiger partial charge on any atom is -0.464 e. The molecule has 0 radical (unpaired) electrons. The van der Waals surface area contributed by atoms with Gasteiger partial charge in [-0.15, -0.1) is 0 Å². The molecule has 16 heavy (non-hydrogen) atoms. The fraction of sp³-hybridized carbons (Fsp3) is 0.333. The lowest BCUT2D eigenvalue weighted by Gasteiger charge is -2.09. The van der Waals surface area contributed by atoms with Crippen LogP contribution in [0.2, 0.25) is 0 Å². The van der Waals surface area contributed by atoms with E-state index in [0.717, 1.165) is 29.4 Å². The second-order valence-corrected chi connectivity index (χ2v) is 3.73. The Balaban J connectivity index is 2.39. The van der Waals surface area contributed by atoms with Crippen LogP contribution in [0, 0.1) is 0 Å². The predicted octanol–water partition coefficient (Wildman–Crippen LogP) is 4.58. The molecule has 0 aliphatic carbocycles. The van der Waals surface area contributed by atoms with E-state index in [9.17, 15) is 0 Å². The molecular weight excluding hydrogens is 202 g/mol. The molecule has 82 valence electrons. The molecule has 4 heteroatoms. The zero-order valence-corrected chi connectivity index (χ0v) is 9.13. The molecule has 2 aromatic rings. The standard InChI is InChI=1S/C12H13N3O/c1-2-3-11(14-15-13)9-4-5-12-10(8-9)6-7-16-12/h4-8,11H,2-3H2,1H3/t11-/m1/s1. The minimum atomic E-state index is -0.0747. The third-order valence-corrected chi connectivity index (χ3v) is 2.61. The molecule has 0 bridgehead atoms. The van der Waals surface area contributed by atoms with Crippen LogP contribution in [0.4, 0.5) is 0 Å². The normalized spacial score (nSPS) is 12.3. The Labute approximate surface area is 93.5 Å². The van der Waals surface area contributed by atoms with Gasteiger partial charge in [-0.25, -0.2) is 0 Å². The van der Waals surface area contributed by atoms with Crippen molar-refractivity contribution in [2.45, 2.75) is 25.8 Å². The third kappa shape index (κ3) is 2.02. The number of azide groups is 1. The summed E-state index contributed by atoms with van der Waals surface area (Å²) in [4.78, 5) is 2.90. The van der Waals surface area contributed by atoms with Crippen molar-refractivity contribution < 1.29 is 4.42 Å². The lowest BCUT2D eigenvalue weighted by atomic mass is 10.0. The SMILES string of the molecule is CCC[C@@H](N=[N+]=[N-])c1ccc2occc2c1. The predicted molar refractivity (Wildman–Crippen MR) is 63.0 cm³/mol. The van der Waals surface area contributed by atoms with E-state index in [-0.39, 0.29) is 6.04 Å². The van der Waals surface area contributed by atoms with Crippen molar-refractivity contribution in [3.63, 3.8) is 0 Å². The number of rotatable bonds is 4. The van der Waals surface area contributed by atoms with Crippen molar-refractivity contribution in [2.24, 2.45) is 5.11 Å². The summed E-state index contributed by atoms with van der Waals surface area (Å²) in [6.45, 7) is 2.08. The van der Waals surface area contributed by atoms with Gasteiger partial charge in [-0.2, -0.15) is 0 Å². The molecule has 0 saturated carbocycles. The van der Waals surface area contributed by atoms with Crippen molar-refractivity contribution in [1.82, 2.24) is 0 Å². The van der Waals surface area contributed by atoms with E-state index < -0.39 is 0 Å². The van der Waals surface area contributed by atoms with Gasteiger partial charge in [0.25, 0.3) is 0 Å². The van der Waals surface area contributed by atoms with Crippen LogP contribution in [0.5, 0.6) is 0 Å². The summed E-state index contributed by atoms with van der Waals surface area (Å²) in [5, 5.41) is 4.87. The summed E-state index contributed by atoms with van der Waals surface area (Å²) in [5.74, 6) is 0. The first kappa shape index (κ1) is 10.6. The van der Waals surface area contributed by atoms with Crippen molar-refractivity contribution in [3.8, 4) is 0 Å². The van der Waals surface area contributed by atoms with Crippen LogP contribution in [0.1, 0.15) is 31.4 Å². The molecule has 0 spiro atoms. The molecule has 1 aromatic carbocycles. The average molecular weight is 215 g/mol. The highest BCUT2D eigenvalue weighted by Crippen LogP contribution is 2.26. The van der Waals surface area contributed by atoms with Gasteiger partial charge in [-0.3, -0.25) is 0 Å². The number of benzene rings is 1. The fourth-order valence-electron chi connectivity index (χ4n) is 1.82. The Kier molecular flexibility index (Phi) is 3.13. The molecular formula is C12H13N3O. The number of furan rings is 1. The summed E-state index contributed by atoms with van der Waals surface area (Å²) in [5.41, 5.74) is 10.4. The zero-order valence-electron chi connectivity index (χ0n) is 9.13. The van der Waals surface area contributed by atoms with Crippen molar-refractivity contribution >= 4 is 11.0 Å². The van der Waals surface area contributed by atoms with E-state index in [1.165, 1.54) is 0 Å². The highest BCUT2D eigenvalue weighted by Gasteiger charge is 2.09. The molecule has 4 nitrogen and oxygen atoms in total. The third-order valence-electron chi connectivity index (χ3n) is 2.61. The van der Waals surface area contributed by atoms with Gasteiger partial charge in [-0.05, 0) is 35.7 Å². The van der Waals surface area contributed by atoms with Gasteiger partial charge in [0.1, 0.15) is 5.58 Å². The molecule has 2 rings (SSSR count). The molecule has 0 unspecified atom stereocenters. The minimum absolute atomic E-state index is 0.0747. The Morgan fingerprint density at radius 1 is 1.44 bits per heavy atom. The van der Waals surface area contributed by atoms with Gasteiger partial charge in [0, 0.05) is 10.3 Å². The van der Waals surface area contributed by atoms with E-state index in [1.807, 2.05) is 24.3 Å². The maximum atomic E-state index is 8.54. The fourth-order valence-corrected chi connectivity index (χ4v) is 1.82. The first-order chi connectivity index (χ1) is 7.85. The van der Waals surface area contributed by atoms with Gasteiger partial charge in [0.2, 0.25) is 0 Å². The number of hydrogen-bond donors (Lipinski definition) is 0. The molecule has 0 saturated heterocycles. The molecule has 0 fully saturated rings. The highest BCUT2D eigenvalue weighted by molar-refractivity contribution is 5.77. The topological polar surface area (TPSA) is 61.9 Å². The summed E-state index contributed by atoms with van der Waals surface area (Å²) >= 11 is 0. The van der Waals surface area contributed by atoms with Crippen LogP contribution in [-0.4, -0.2) is 0 Å². The van der Waals surface area contributed by atoms with Gasteiger partial charge in [0.05, 0.1) is 12.3 Å². The maximum Gasteiger partial charge on any atom is 0.133 e. The summed E-state index contributed by atoms with van der Waals surface area (Å²) in [6, 6.07) is 7.74. The number of hydrogen-bond acceptors (Lipinski definition) is 2. The monoisotopic (exact) mass is 215 g/mol. The van der Waals surface area contributed by atoms with Crippen LogP contribution in [-0.2, 0) is 0 Å². The van der Waals surface area contributed by atoms with Crippen LogP contribution < -0.4 is 0 Å². The molecule has 0 aliphatic heterocycles. The average Bonchev–Trinajstić information content (AvgIpc) is 2.75. The molecule has 1 atom stereocenters. The smallest absolute Gasteiger partial charge is 0.133 e. The summed E-state index contributed by atoms with van der Waals surface area (Å²) in [6.07, 6.45) is 3.53. The molecule has 1 heterocycles. The van der Waals surface area contributed by atoms with E-state index in [0.29, 0.717) is 0 Å². The van der Waals surface area contributed by atoms with E-state index in [4.69, 9.17) is 9.95 Å². The first-order valence-corrected chi connectivity index (χ1v) is 5.36. The zero-order chi connectivity index (χ0) is 11.4. The van der Waals surface area contributed by atoms with Crippen LogP contribution in [0.15, 0.2) is 40.1 Å². The first-order valence-electron chi connectivity index (χ1n) is 5.36. The number of nitrogens with zero attached hydrogens (tertiary/aromatic N) is 3. The summed E-state index contributed by atoms with van der Waals surface area (Å²) in [7, 11) is 0. The molecule has 0 N–H and O–H groups in total. The van der Waals surface area contributed by atoms with Crippen LogP contribution in [0.3, 0.4) is 0 Å². The molecule has 0 amide bonds. The number of fused-ring (bicyclic) bond motifs is 1. The lowest BCUT2D eigenvalue weighted by molar-refractivity contribution is 0.614. The quantitative estimate of drug-likeness (QED) is 0.418. The lowest BCUT2D eigenvalue weighted by Crippen LogP contribution is -1.93. The van der Waals surface area contributed by atoms with E-state index >= 15 is 0 Å². The largest absolute Gasteiger partial charge is 0.464 e. The summed E-state index contributed by atoms with van der Waals surface area (Å²) < 4.78 is 5.27. The maximum absolute atomic E-state index is 8.54. The van der Waals surface area contributed by atoms with Crippen LogP contribution in [0.25, 0.3) is 21.4 Å². The Morgan fingerprint density at radius 3 is 3.06 bits per heavy atom. The Hall–Kier alpha value is -1.93. The van der Waals surface area contributed by atoms with E-state index in [1.54, 1.807) is 6.26 Å². The highest BCUT2D eigenvalue weighted by atomic mass is 16.3. The van der Waals surface area contributed by atoms with Gasteiger partial charge in [-0.1, -0.05) is 24.5 Å². The molecule has 0 aliphatic rings. The van der Waals surface area contributed by atoms with Crippen molar-refractivity contribution in [1.29, 1.82) is 0 Å². The van der Waals surface area contributed by atoms with Gasteiger partial charge < -0.3 is 4.42 Å². The van der Waals surface area contributed by atoms with Gasteiger partial charge in [0.15, 0.2) is 0 Å².